The van der Waals surface area contributed by atoms with Crippen LogP contribution in [0.1, 0.15) is 36.7 Å². The number of nitrogens with zero attached hydrogens (tertiary/aromatic N) is 1. The second kappa shape index (κ2) is 6.92. The lowest BCUT2D eigenvalue weighted by Crippen LogP contribution is -2.24. The molecule has 0 unspecified atom stereocenters. The van der Waals surface area contributed by atoms with Crippen LogP contribution in [0, 0.1) is 0 Å². The van der Waals surface area contributed by atoms with Crippen LogP contribution >= 0.6 is 15.9 Å². The van der Waals surface area contributed by atoms with Crippen molar-refractivity contribution in [1.82, 2.24) is 4.98 Å². The number of hydrogen-bond acceptors (Lipinski definition) is 4. The summed E-state index contributed by atoms with van der Waals surface area (Å²) < 4.78 is 6.17. The third kappa shape index (κ3) is 4.84. The van der Waals surface area contributed by atoms with Gasteiger partial charge in [-0.15, -0.1) is 0 Å². The quantitative estimate of drug-likeness (QED) is 0.818. The molecular weight excluding hydrogens is 344 g/mol. The normalized spacial score (nSPS) is 11.1. The number of benzene rings is 1. The molecule has 0 fully saturated rings. The van der Waals surface area contributed by atoms with Gasteiger partial charge in [0.05, 0.1) is 0 Å². The second-order valence-electron chi connectivity index (χ2n) is 5.89. The Morgan fingerprint density at radius 2 is 1.95 bits per heavy atom. The number of esters is 1. The highest BCUT2D eigenvalue weighted by Gasteiger charge is 2.21. The highest BCUT2D eigenvalue weighted by Crippen LogP contribution is 2.22. The van der Waals surface area contributed by atoms with Gasteiger partial charge in [-0.2, -0.15) is 0 Å². The van der Waals surface area contributed by atoms with Gasteiger partial charge in [-0.25, -0.2) is 9.78 Å². The zero-order valence-corrected chi connectivity index (χ0v) is 14.5. The third-order valence-electron chi connectivity index (χ3n) is 2.78. The summed E-state index contributed by atoms with van der Waals surface area (Å²) in [7, 11) is 0. The van der Waals surface area contributed by atoms with Gasteiger partial charge < -0.3 is 10.1 Å². The van der Waals surface area contributed by atoms with E-state index in [1.54, 1.807) is 12.3 Å². The highest BCUT2D eigenvalue weighted by atomic mass is 79.9. The van der Waals surface area contributed by atoms with Crippen molar-refractivity contribution >= 4 is 27.7 Å². The first-order chi connectivity index (χ1) is 10.3. The largest absolute Gasteiger partial charge is 0.456 e. The molecule has 116 valence electrons. The van der Waals surface area contributed by atoms with Crippen molar-refractivity contribution in [3.8, 4) is 0 Å². The minimum Gasteiger partial charge on any atom is -0.456 e. The van der Waals surface area contributed by atoms with Gasteiger partial charge in [-0.3, -0.25) is 0 Å². The maximum absolute atomic E-state index is 12.3. The van der Waals surface area contributed by atoms with E-state index >= 15 is 0 Å². The summed E-state index contributed by atoms with van der Waals surface area (Å²) in [4.78, 5) is 16.6. The molecule has 5 heteroatoms. The highest BCUT2D eigenvalue weighted by molar-refractivity contribution is 9.10. The molecule has 22 heavy (non-hydrogen) atoms. The van der Waals surface area contributed by atoms with E-state index in [0.29, 0.717) is 17.9 Å². The summed E-state index contributed by atoms with van der Waals surface area (Å²) in [6.07, 6.45) is 1.65. The van der Waals surface area contributed by atoms with E-state index in [2.05, 4.69) is 26.2 Å². The van der Waals surface area contributed by atoms with Crippen molar-refractivity contribution in [2.45, 2.75) is 32.9 Å². The van der Waals surface area contributed by atoms with Gasteiger partial charge in [-0.1, -0.05) is 30.3 Å². The Labute approximate surface area is 139 Å². The molecule has 0 saturated carbocycles. The Balaban J connectivity index is 2.19. The molecule has 4 nitrogen and oxygen atoms in total. The fraction of sp³-hybridized carbons (Fsp3) is 0.294. The first kappa shape index (κ1) is 16.5. The molecule has 2 rings (SSSR count). The predicted octanol–water partition coefficient (Wildman–Crippen LogP) is 4.41. The molecule has 0 bridgehead atoms. The number of carbonyl (C=O) groups excluding carboxylic acids is 1. The van der Waals surface area contributed by atoms with E-state index in [4.69, 9.17) is 4.74 Å². The van der Waals surface area contributed by atoms with Crippen LogP contribution in [0.5, 0.6) is 0 Å². The molecule has 1 heterocycles. The van der Waals surface area contributed by atoms with Crippen LogP contribution in [0.15, 0.2) is 47.1 Å². The van der Waals surface area contributed by atoms with E-state index in [-0.39, 0.29) is 0 Å². The Bertz CT molecular complexity index is 651. The molecule has 1 N–H and O–H groups in total. The summed E-state index contributed by atoms with van der Waals surface area (Å²) in [5, 5.41) is 3.19. The van der Waals surface area contributed by atoms with Crippen LogP contribution in [0.25, 0.3) is 0 Å². The topological polar surface area (TPSA) is 51.2 Å². The molecule has 2 aromatic rings. The molecule has 1 aromatic carbocycles. The Hall–Kier alpha value is -1.88. The van der Waals surface area contributed by atoms with Crippen molar-refractivity contribution in [1.29, 1.82) is 0 Å². The van der Waals surface area contributed by atoms with Crippen LogP contribution < -0.4 is 5.32 Å². The van der Waals surface area contributed by atoms with Crippen LogP contribution in [-0.4, -0.2) is 16.6 Å². The monoisotopic (exact) mass is 362 g/mol. The first-order valence-electron chi connectivity index (χ1n) is 7.02. The SMILES string of the molecule is CC(C)(C)OC(=O)c1cc(Br)cnc1NCc1ccccc1. The maximum Gasteiger partial charge on any atom is 0.342 e. The average Bonchev–Trinajstić information content (AvgIpc) is 2.45. The van der Waals surface area contributed by atoms with Crippen molar-refractivity contribution in [2.75, 3.05) is 5.32 Å². The smallest absolute Gasteiger partial charge is 0.342 e. The van der Waals surface area contributed by atoms with Crippen LogP contribution in [0.4, 0.5) is 5.82 Å². The maximum atomic E-state index is 12.3. The number of pyridine rings is 1. The first-order valence-corrected chi connectivity index (χ1v) is 7.81. The summed E-state index contributed by atoms with van der Waals surface area (Å²) in [5.41, 5.74) is 0.985. The van der Waals surface area contributed by atoms with Gasteiger partial charge in [0.2, 0.25) is 0 Å². The number of nitrogens with one attached hydrogen (secondary N) is 1. The summed E-state index contributed by atoms with van der Waals surface area (Å²) in [5.74, 6) is 0.123. The molecule has 0 aliphatic rings. The molecule has 1 aromatic heterocycles. The Kier molecular flexibility index (Phi) is 5.19. The fourth-order valence-corrected chi connectivity index (χ4v) is 2.18. The van der Waals surface area contributed by atoms with Gasteiger partial charge >= 0.3 is 5.97 Å². The fourth-order valence-electron chi connectivity index (χ4n) is 1.85. The van der Waals surface area contributed by atoms with Gasteiger partial charge in [-0.05, 0) is 48.3 Å². The average molecular weight is 363 g/mol. The number of anilines is 1. The van der Waals surface area contributed by atoms with Gasteiger partial charge in [0.1, 0.15) is 17.0 Å². The number of aromatic nitrogens is 1. The van der Waals surface area contributed by atoms with E-state index in [1.165, 1.54) is 0 Å². The number of halogens is 1. The number of ether oxygens (including phenoxy) is 1. The Morgan fingerprint density at radius 1 is 1.27 bits per heavy atom. The minimum atomic E-state index is -0.546. The van der Waals surface area contributed by atoms with E-state index in [9.17, 15) is 4.79 Å². The molecule has 0 radical (unpaired) electrons. The van der Waals surface area contributed by atoms with Gasteiger partial charge in [0.15, 0.2) is 0 Å². The van der Waals surface area contributed by atoms with E-state index in [0.717, 1.165) is 10.0 Å². The lowest BCUT2D eigenvalue weighted by Gasteiger charge is -2.20. The van der Waals surface area contributed by atoms with Crippen LogP contribution in [0.3, 0.4) is 0 Å². The third-order valence-corrected chi connectivity index (χ3v) is 3.21. The molecule has 0 atom stereocenters. The number of hydrogen-bond donors (Lipinski definition) is 1. The van der Waals surface area contributed by atoms with Crippen molar-refractivity contribution < 1.29 is 9.53 Å². The van der Waals surface area contributed by atoms with Crippen molar-refractivity contribution in [2.24, 2.45) is 0 Å². The predicted molar refractivity (Wildman–Crippen MR) is 90.9 cm³/mol. The van der Waals surface area contributed by atoms with Crippen molar-refractivity contribution in [3.63, 3.8) is 0 Å². The summed E-state index contributed by atoms with van der Waals surface area (Å²) in [6.45, 7) is 6.11. The van der Waals surface area contributed by atoms with E-state index in [1.807, 2.05) is 51.1 Å². The van der Waals surface area contributed by atoms with Crippen molar-refractivity contribution in [3.05, 3.63) is 58.2 Å². The zero-order valence-electron chi connectivity index (χ0n) is 12.9. The summed E-state index contributed by atoms with van der Waals surface area (Å²) >= 11 is 3.34. The van der Waals surface area contributed by atoms with E-state index < -0.39 is 11.6 Å². The van der Waals surface area contributed by atoms with Gasteiger partial charge in [0.25, 0.3) is 0 Å². The summed E-state index contributed by atoms with van der Waals surface area (Å²) in [6, 6.07) is 11.7. The zero-order chi connectivity index (χ0) is 16.2. The molecule has 0 aliphatic heterocycles. The Morgan fingerprint density at radius 3 is 2.59 bits per heavy atom. The molecule has 0 aliphatic carbocycles. The molecular formula is C17H19BrN2O2. The standard InChI is InChI=1S/C17H19BrN2O2/c1-17(2,3)22-16(21)14-9-13(18)11-20-15(14)19-10-12-7-5-4-6-8-12/h4-9,11H,10H2,1-3H3,(H,19,20). The minimum absolute atomic E-state index is 0.392. The van der Waals surface area contributed by atoms with Gasteiger partial charge in [0, 0.05) is 17.2 Å². The number of rotatable bonds is 4. The lowest BCUT2D eigenvalue weighted by atomic mass is 10.2. The van der Waals surface area contributed by atoms with Crippen LogP contribution in [-0.2, 0) is 11.3 Å². The molecule has 0 amide bonds. The second-order valence-corrected chi connectivity index (χ2v) is 6.81. The molecule has 0 spiro atoms. The number of carbonyl (C=O) groups is 1. The van der Waals surface area contributed by atoms with Crippen LogP contribution in [0.2, 0.25) is 0 Å². The lowest BCUT2D eigenvalue weighted by molar-refractivity contribution is 0.00702. The molecule has 0 saturated heterocycles.